The van der Waals surface area contributed by atoms with Crippen LogP contribution >= 0.6 is 0 Å². The average Bonchev–Trinajstić information content (AvgIpc) is 2.79. The molecule has 1 fully saturated rings. The maximum absolute atomic E-state index is 5.51. The van der Waals surface area contributed by atoms with Gasteiger partial charge in [-0.2, -0.15) is 0 Å². The number of aromatic nitrogens is 1. The Hall–Kier alpha value is -1.13. The predicted octanol–water partition coefficient (Wildman–Crippen LogP) is 1.90. The number of piperazine rings is 1. The largest absolute Gasteiger partial charge is 0.375 e. The molecule has 0 saturated carbocycles. The van der Waals surface area contributed by atoms with Gasteiger partial charge in [0.2, 0.25) is 0 Å². The van der Waals surface area contributed by atoms with E-state index in [0.29, 0.717) is 12.1 Å². The highest BCUT2D eigenvalue weighted by atomic mass is 16.5. The van der Waals surface area contributed by atoms with Crippen LogP contribution in [0.2, 0.25) is 0 Å². The van der Waals surface area contributed by atoms with Crippen LogP contribution < -0.4 is 10.2 Å². The van der Waals surface area contributed by atoms with Gasteiger partial charge in [-0.3, -0.25) is 0 Å². The fourth-order valence-corrected chi connectivity index (χ4v) is 3.37. The van der Waals surface area contributed by atoms with Gasteiger partial charge in [0.1, 0.15) is 5.82 Å². The Kier molecular flexibility index (Phi) is 3.46. The van der Waals surface area contributed by atoms with E-state index < -0.39 is 0 Å². The number of pyridine rings is 1. The van der Waals surface area contributed by atoms with Gasteiger partial charge in [0.15, 0.2) is 0 Å². The van der Waals surface area contributed by atoms with Crippen molar-refractivity contribution in [1.82, 2.24) is 10.3 Å². The number of nitrogens with one attached hydrogen (secondary N) is 1. The van der Waals surface area contributed by atoms with E-state index in [4.69, 9.17) is 9.72 Å². The van der Waals surface area contributed by atoms with Crippen LogP contribution in [0.5, 0.6) is 0 Å². The molecule has 2 aliphatic rings. The van der Waals surface area contributed by atoms with Crippen molar-refractivity contribution in [3.05, 3.63) is 23.4 Å². The molecular formula is C15H23N3O. The number of ether oxygens (including phenoxy) is 1. The van der Waals surface area contributed by atoms with Crippen molar-refractivity contribution < 1.29 is 4.74 Å². The lowest BCUT2D eigenvalue weighted by molar-refractivity contribution is 0.0965. The summed E-state index contributed by atoms with van der Waals surface area (Å²) >= 11 is 0. The Morgan fingerprint density at radius 2 is 2.32 bits per heavy atom. The maximum Gasteiger partial charge on any atom is 0.132 e. The number of rotatable bonds is 3. The first-order valence-electron chi connectivity index (χ1n) is 7.26. The summed E-state index contributed by atoms with van der Waals surface area (Å²) in [5, 5.41) is 3.51. The van der Waals surface area contributed by atoms with E-state index in [2.05, 4.69) is 36.2 Å². The van der Waals surface area contributed by atoms with Crippen molar-refractivity contribution in [2.45, 2.75) is 44.9 Å². The zero-order chi connectivity index (χ0) is 13.4. The quantitative estimate of drug-likeness (QED) is 0.902. The standard InChI is InChI=1S/C15H23N3O/c1-4-14(19-3)13-6-5-11-7-12-9-16-8-10(2)18(12)15(11)17-13/h5-6,10,12,14,16H,4,7-9H2,1-3H3/t10-,12-,14-/m1/s1. The van der Waals surface area contributed by atoms with Crippen molar-refractivity contribution in [3.63, 3.8) is 0 Å². The molecule has 0 bridgehead atoms. The molecule has 0 spiro atoms. The van der Waals surface area contributed by atoms with E-state index in [9.17, 15) is 0 Å². The van der Waals surface area contributed by atoms with Crippen LogP contribution in [-0.2, 0) is 11.2 Å². The first-order valence-corrected chi connectivity index (χ1v) is 7.26. The van der Waals surface area contributed by atoms with E-state index >= 15 is 0 Å². The van der Waals surface area contributed by atoms with Gasteiger partial charge in [-0.05, 0) is 31.4 Å². The molecule has 0 aromatic carbocycles. The van der Waals surface area contributed by atoms with Crippen molar-refractivity contribution >= 4 is 5.82 Å². The SMILES string of the molecule is CC[C@@H](OC)c1ccc2c(n1)N1[C@@H](CNC[C@H]1C)C2. The third-order valence-electron chi connectivity index (χ3n) is 4.35. The zero-order valence-electron chi connectivity index (χ0n) is 12.0. The van der Waals surface area contributed by atoms with Crippen molar-refractivity contribution in [2.24, 2.45) is 0 Å². The molecule has 0 aliphatic carbocycles. The number of hydrogen-bond donors (Lipinski definition) is 1. The minimum atomic E-state index is 0.113. The summed E-state index contributed by atoms with van der Waals surface area (Å²) in [5.41, 5.74) is 2.45. The topological polar surface area (TPSA) is 37.4 Å². The number of hydrogen-bond acceptors (Lipinski definition) is 4. The van der Waals surface area contributed by atoms with Crippen LogP contribution in [0, 0.1) is 0 Å². The van der Waals surface area contributed by atoms with Crippen LogP contribution in [0.4, 0.5) is 5.82 Å². The molecule has 3 rings (SSSR count). The van der Waals surface area contributed by atoms with Gasteiger partial charge in [0, 0.05) is 32.3 Å². The Morgan fingerprint density at radius 1 is 1.47 bits per heavy atom. The Bertz CT molecular complexity index is 459. The fourth-order valence-electron chi connectivity index (χ4n) is 3.37. The van der Waals surface area contributed by atoms with Gasteiger partial charge in [0.05, 0.1) is 11.8 Å². The normalized spacial score (nSPS) is 27.0. The van der Waals surface area contributed by atoms with E-state index in [1.807, 2.05) is 0 Å². The fraction of sp³-hybridized carbons (Fsp3) is 0.667. The van der Waals surface area contributed by atoms with Crippen LogP contribution in [-0.4, -0.2) is 37.3 Å². The monoisotopic (exact) mass is 261 g/mol. The highest BCUT2D eigenvalue weighted by molar-refractivity contribution is 5.56. The molecule has 3 heterocycles. The van der Waals surface area contributed by atoms with Crippen molar-refractivity contribution in [2.75, 3.05) is 25.1 Å². The smallest absolute Gasteiger partial charge is 0.132 e. The Labute approximate surface area is 115 Å². The number of nitrogens with zero attached hydrogens (tertiary/aromatic N) is 2. The predicted molar refractivity (Wildman–Crippen MR) is 76.6 cm³/mol. The van der Waals surface area contributed by atoms with E-state index in [0.717, 1.165) is 31.6 Å². The maximum atomic E-state index is 5.51. The second kappa shape index (κ2) is 5.10. The van der Waals surface area contributed by atoms with Crippen LogP contribution in [0.25, 0.3) is 0 Å². The molecule has 1 N–H and O–H groups in total. The summed E-state index contributed by atoms with van der Waals surface area (Å²) in [4.78, 5) is 7.40. The first kappa shape index (κ1) is 12.9. The Morgan fingerprint density at radius 3 is 3.05 bits per heavy atom. The van der Waals surface area contributed by atoms with E-state index in [1.165, 1.54) is 11.4 Å². The molecule has 0 unspecified atom stereocenters. The van der Waals surface area contributed by atoms with E-state index in [1.54, 1.807) is 7.11 Å². The summed E-state index contributed by atoms with van der Waals surface area (Å²) in [7, 11) is 1.76. The van der Waals surface area contributed by atoms with Crippen LogP contribution in [0.15, 0.2) is 12.1 Å². The molecule has 1 aromatic rings. The number of fused-ring (bicyclic) bond motifs is 3. The average molecular weight is 261 g/mol. The highest BCUT2D eigenvalue weighted by Crippen LogP contribution is 2.34. The second-order valence-corrected chi connectivity index (χ2v) is 5.62. The minimum Gasteiger partial charge on any atom is -0.375 e. The summed E-state index contributed by atoms with van der Waals surface area (Å²) in [6.07, 6.45) is 2.19. The lowest BCUT2D eigenvalue weighted by Crippen LogP contribution is -2.55. The summed E-state index contributed by atoms with van der Waals surface area (Å²) in [6, 6.07) is 5.46. The van der Waals surface area contributed by atoms with Gasteiger partial charge in [0.25, 0.3) is 0 Å². The van der Waals surface area contributed by atoms with Crippen LogP contribution in [0.3, 0.4) is 0 Å². The third-order valence-corrected chi connectivity index (χ3v) is 4.35. The summed E-state index contributed by atoms with van der Waals surface area (Å²) in [5.74, 6) is 1.19. The lowest BCUT2D eigenvalue weighted by Gasteiger charge is -2.37. The first-order chi connectivity index (χ1) is 9.24. The molecule has 1 aromatic heterocycles. The second-order valence-electron chi connectivity index (χ2n) is 5.62. The molecule has 3 atom stereocenters. The number of anilines is 1. The van der Waals surface area contributed by atoms with Crippen molar-refractivity contribution in [3.8, 4) is 0 Å². The lowest BCUT2D eigenvalue weighted by atomic mass is 10.1. The summed E-state index contributed by atoms with van der Waals surface area (Å²) < 4.78 is 5.51. The molecule has 0 amide bonds. The molecule has 2 aliphatic heterocycles. The third kappa shape index (κ3) is 2.13. The van der Waals surface area contributed by atoms with Crippen molar-refractivity contribution in [1.29, 1.82) is 0 Å². The van der Waals surface area contributed by atoms with Gasteiger partial charge < -0.3 is 15.0 Å². The zero-order valence-corrected chi connectivity index (χ0v) is 12.0. The molecule has 104 valence electrons. The Balaban J connectivity index is 1.95. The molecule has 0 radical (unpaired) electrons. The molecular weight excluding hydrogens is 238 g/mol. The molecule has 19 heavy (non-hydrogen) atoms. The number of methoxy groups -OCH3 is 1. The van der Waals surface area contributed by atoms with E-state index in [-0.39, 0.29) is 6.10 Å². The molecule has 4 nitrogen and oxygen atoms in total. The van der Waals surface area contributed by atoms with Gasteiger partial charge in [-0.15, -0.1) is 0 Å². The molecule has 1 saturated heterocycles. The van der Waals surface area contributed by atoms with Gasteiger partial charge in [-0.1, -0.05) is 13.0 Å². The summed E-state index contributed by atoms with van der Waals surface area (Å²) in [6.45, 7) is 6.52. The van der Waals surface area contributed by atoms with Gasteiger partial charge in [-0.25, -0.2) is 4.98 Å². The molecule has 4 heteroatoms. The van der Waals surface area contributed by atoms with Crippen LogP contribution in [0.1, 0.15) is 37.6 Å². The minimum absolute atomic E-state index is 0.113. The van der Waals surface area contributed by atoms with Gasteiger partial charge >= 0.3 is 0 Å². The highest BCUT2D eigenvalue weighted by Gasteiger charge is 2.36.